The predicted octanol–water partition coefficient (Wildman–Crippen LogP) is 5.43. The van der Waals surface area contributed by atoms with Crippen molar-refractivity contribution >= 4 is 23.5 Å². The molecule has 1 saturated carbocycles. The van der Waals surface area contributed by atoms with Crippen molar-refractivity contribution in [1.29, 1.82) is 0 Å². The highest BCUT2D eigenvalue weighted by atomic mass is 32.2. The molecule has 92 valence electrons. The van der Waals surface area contributed by atoms with Gasteiger partial charge in [-0.3, -0.25) is 0 Å². The summed E-state index contributed by atoms with van der Waals surface area (Å²) in [6.45, 7) is 2.48. The molecule has 0 N–H and O–H groups in total. The quantitative estimate of drug-likeness (QED) is 0.699. The third-order valence-corrected chi connectivity index (χ3v) is 7.41. The van der Waals surface area contributed by atoms with E-state index in [2.05, 4.69) is 54.7 Å². The van der Waals surface area contributed by atoms with Gasteiger partial charge in [0.2, 0.25) is 0 Å². The Bertz CT molecular complexity index is 357. The Morgan fingerprint density at radius 3 is 2.18 bits per heavy atom. The second-order valence-corrected chi connectivity index (χ2v) is 7.97. The number of hydrogen-bond acceptors (Lipinski definition) is 2. The van der Waals surface area contributed by atoms with Crippen LogP contribution in [0.5, 0.6) is 0 Å². The Hall–Kier alpha value is -0.0800. The first kappa shape index (κ1) is 12.0. The van der Waals surface area contributed by atoms with Gasteiger partial charge in [-0.2, -0.15) is 0 Å². The van der Waals surface area contributed by atoms with Gasteiger partial charge in [0.05, 0.1) is 4.58 Å². The van der Waals surface area contributed by atoms with Crippen LogP contribution in [0.1, 0.15) is 39.0 Å². The molecule has 1 heterocycles. The molecule has 1 unspecified atom stereocenters. The molecule has 0 amide bonds. The van der Waals surface area contributed by atoms with Crippen LogP contribution in [0.15, 0.2) is 34.1 Å². The zero-order valence-electron chi connectivity index (χ0n) is 10.4. The van der Waals surface area contributed by atoms with Gasteiger partial charge < -0.3 is 0 Å². The molecule has 1 aromatic rings. The summed E-state index contributed by atoms with van der Waals surface area (Å²) >= 11 is 4.20. The number of hydrogen-bond donors (Lipinski definition) is 0. The molecular formula is C15H20S2. The Morgan fingerprint density at radius 1 is 1.00 bits per heavy atom. The minimum absolute atomic E-state index is 0.760. The van der Waals surface area contributed by atoms with Gasteiger partial charge in [-0.25, -0.2) is 0 Å². The monoisotopic (exact) mass is 264 g/mol. The van der Waals surface area contributed by atoms with Crippen molar-refractivity contribution in [3.63, 3.8) is 0 Å². The van der Waals surface area contributed by atoms with Gasteiger partial charge in [-0.15, -0.1) is 23.5 Å². The third-order valence-electron chi connectivity index (χ3n) is 4.16. The maximum Gasteiger partial charge on any atom is 0.0625 e. The van der Waals surface area contributed by atoms with E-state index in [1.807, 2.05) is 0 Å². The first-order chi connectivity index (χ1) is 8.34. The van der Waals surface area contributed by atoms with Gasteiger partial charge >= 0.3 is 0 Å². The van der Waals surface area contributed by atoms with Gasteiger partial charge in [-0.1, -0.05) is 51.2 Å². The summed E-state index contributed by atoms with van der Waals surface area (Å²) in [6.07, 6.45) is 7.33. The average molecular weight is 264 g/mol. The highest BCUT2D eigenvalue weighted by Crippen LogP contribution is 2.53. The normalized spacial score (nSPS) is 23.6. The number of rotatable bonds is 2. The zero-order chi connectivity index (χ0) is 11.7. The molecule has 0 spiro atoms. The summed E-state index contributed by atoms with van der Waals surface area (Å²) in [5.41, 5.74) is 0. The van der Waals surface area contributed by atoms with E-state index in [1.165, 1.54) is 41.9 Å². The zero-order valence-corrected chi connectivity index (χ0v) is 12.0. The fourth-order valence-electron chi connectivity index (χ4n) is 3.02. The van der Waals surface area contributed by atoms with Crippen LogP contribution in [-0.2, 0) is 0 Å². The lowest BCUT2D eigenvalue weighted by atomic mass is 9.81. The molecule has 0 aromatic heterocycles. The van der Waals surface area contributed by atoms with Gasteiger partial charge in [0.25, 0.3) is 0 Å². The SMILES string of the molecule is CC(C1CCCCC1)C1Sc2ccccc2S1. The van der Waals surface area contributed by atoms with E-state index < -0.39 is 0 Å². The van der Waals surface area contributed by atoms with Crippen LogP contribution in [0.25, 0.3) is 0 Å². The van der Waals surface area contributed by atoms with Crippen LogP contribution in [0.4, 0.5) is 0 Å². The molecular weight excluding hydrogens is 244 g/mol. The first-order valence-corrected chi connectivity index (χ1v) is 8.53. The van der Waals surface area contributed by atoms with Crippen molar-refractivity contribution in [3.05, 3.63) is 24.3 Å². The number of fused-ring (bicyclic) bond motifs is 1. The highest BCUT2D eigenvalue weighted by Gasteiger charge is 2.32. The van der Waals surface area contributed by atoms with E-state index in [0.29, 0.717) is 0 Å². The molecule has 2 heteroatoms. The lowest BCUT2D eigenvalue weighted by Gasteiger charge is -2.30. The van der Waals surface area contributed by atoms with Crippen molar-refractivity contribution in [2.24, 2.45) is 11.8 Å². The largest absolute Gasteiger partial charge is 0.110 e. The van der Waals surface area contributed by atoms with Gasteiger partial charge in [-0.05, 0) is 24.0 Å². The first-order valence-electron chi connectivity index (χ1n) is 6.77. The molecule has 0 nitrogen and oxygen atoms in total. The molecule has 0 saturated heterocycles. The van der Waals surface area contributed by atoms with Gasteiger partial charge in [0, 0.05) is 9.79 Å². The standard InChI is InChI=1S/C15H20S2/c1-11(12-7-3-2-4-8-12)15-16-13-9-5-6-10-14(13)17-15/h5-6,9-12,15H,2-4,7-8H2,1H3. The molecule has 1 aromatic carbocycles. The van der Waals surface area contributed by atoms with E-state index in [-0.39, 0.29) is 0 Å². The van der Waals surface area contributed by atoms with Crippen molar-refractivity contribution in [2.75, 3.05) is 0 Å². The summed E-state index contributed by atoms with van der Waals surface area (Å²) in [5, 5.41) is 0. The second kappa shape index (κ2) is 5.27. The minimum Gasteiger partial charge on any atom is -0.110 e. The van der Waals surface area contributed by atoms with Crippen LogP contribution >= 0.6 is 23.5 Å². The van der Waals surface area contributed by atoms with E-state index in [9.17, 15) is 0 Å². The summed E-state index contributed by atoms with van der Waals surface area (Å²) in [6, 6.07) is 8.89. The Morgan fingerprint density at radius 2 is 1.59 bits per heavy atom. The molecule has 2 aliphatic rings. The van der Waals surface area contributed by atoms with Crippen LogP contribution < -0.4 is 0 Å². The van der Waals surface area contributed by atoms with Crippen molar-refractivity contribution in [3.8, 4) is 0 Å². The summed E-state index contributed by atoms with van der Waals surface area (Å²) < 4.78 is 0.760. The van der Waals surface area contributed by atoms with E-state index in [0.717, 1.165) is 16.4 Å². The second-order valence-electron chi connectivity index (χ2n) is 5.31. The maximum absolute atomic E-state index is 2.48. The van der Waals surface area contributed by atoms with Crippen LogP contribution in [0.2, 0.25) is 0 Å². The smallest absolute Gasteiger partial charge is 0.0625 e. The number of thioether (sulfide) groups is 2. The minimum atomic E-state index is 0.760. The molecule has 3 rings (SSSR count). The molecule has 1 atom stereocenters. The van der Waals surface area contributed by atoms with Gasteiger partial charge in [0.15, 0.2) is 0 Å². The maximum atomic E-state index is 2.48. The highest BCUT2D eigenvalue weighted by molar-refractivity contribution is 8.19. The molecule has 0 bridgehead atoms. The Balaban J connectivity index is 1.67. The Labute approximate surface area is 113 Å². The van der Waals surface area contributed by atoms with E-state index in [4.69, 9.17) is 0 Å². The van der Waals surface area contributed by atoms with E-state index in [1.54, 1.807) is 0 Å². The number of benzene rings is 1. The van der Waals surface area contributed by atoms with Crippen LogP contribution in [0.3, 0.4) is 0 Å². The fourth-order valence-corrected chi connectivity index (χ4v) is 6.18. The van der Waals surface area contributed by atoms with Crippen molar-refractivity contribution < 1.29 is 0 Å². The molecule has 1 fully saturated rings. The lowest BCUT2D eigenvalue weighted by molar-refractivity contribution is 0.277. The topological polar surface area (TPSA) is 0 Å². The van der Waals surface area contributed by atoms with E-state index >= 15 is 0 Å². The molecule has 17 heavy (non-hydrogen) atoms. The Kier molecular flexibility index (Phi) is 3.72. The third kappa shape index (κ3) is 2.53. The predicted molar refractivity (Wildman–Crippen MR) is 77.7 cm³/mol. The average Bonchev–Trinajstić information content (AvgIpc) is 2.82. The summed E-state index contributed by atoms with van der Waals surface area (Å²) in [7, 11) is 0. The van der Waals surface area contributed by atoms with Crippen molar-refractivity contribution in [2.45, 2.75) is 53.4 Å². The van der Waals surface area contributed by atoms with Gasteiger partial charge in [0.1, 0.15) is 0 Å². The summed E-state index contributed by atoms with van der Waals surface area (Å²) in [5.74, 6) is 1.83. The van der Waals surface area contributed by atoms with Crippen molar-refractivity contribution in [1.82, 2.24) is 0 Å². The summed E-state index contributed by atoms with van der Waals surface area (Å²) in [4.78, 5) is 3.01. The fraction of sp³-hybridized carbons (Fsp3) is 0.600. The lowest BCUT2D eigenvalue weighted by Crippen LogP contribution is -2.21. The molecule has 0 radical (unpaired) electrons. The van der Waals surface area contributed by atoms with Crippen LogP contribution in [0, 0.1) is 11.8 Å². The molecule has 1 aliphatic heterocycles. The van der Waals surface area contributed by atoms with Crippen LogP contribution in [-0.4, -0.2) is 4.58 Å². The molecule has 1 aliphatic carbocycles.